The summed E-state index contributed by atoms with van der Waals surface area (Å²) in [6.45, 7) is 0.401. The molecular formula is C18H16F2N4O2S2. The number of nitrogens with zero attached hydrogens (tertiary/aromatic N) is 2. The fourth-order valence-corrected chi connectivity index (χ4v) is 3.76. The van der Waals surface area contributed by atoms with E-state index in [0.29, 0.717) is 21.3 Å². The summed E-state index contributed by atoms with van der Waals surface area (Å²) in [5.74, 6) is -0.669. The Kier molecular flexibility index (Phi) is 6.32. The number of hydrogen-bond acceptors (Lipinski definition) is 5. The van der Waals surface area contributed by atoms with Gasteiger partial charge in [0.1, 0.15) is 5.82 Å². The van der Waals surface area contributed by atoms with Gasteiger partial charge in [-0.2, -0.15) is 4.39 Å². The van der Waals surface area contributed by atoms with E-state index in [0.717, 1.165) is 11.3 Å². The summed E-state index contributed by atoms with van der Waals surface area (Å²) in [6, 6.07) is 8.17. The molecule has 10 heteroatoms. The van der Waals surface area contributed by atoms with Crippen LogP contribution in [0.15, 0.2) is 41.8 Å². The lowest BCUT2D eigenvalue weighted by Crippen LogP contribution is -2.28. The number of carbonyl (C=O) groups is 2. The van der Waals surface area contributed by atoms with Gasteiger partial charge in [-0.1, -0.05) is 12.1 Å². The van der Waals surface area contributed by atoms with Gasteiger partial charge >= 0.3 is 6.03 Å². The molecule has 2 heterocycles. The van der Waals surface area contributed by atoms with Gasteiger partial charge in [0.15, 0.2) is 10.3 Å². The Bertz CT molecular complexity index is 989. The molecule has 0 bridgehead atoms. The number of urea groups is 1. The number of thiophene rings is 1. The van der Waals surface area contributed by atoms with E-state index in [1.807, 2.05) is 0 Å². The molecular weight excluding hydrogens is 406 g/mol. The molecule has 1 aromatic carbocycles. The van der Waals surface area contributed by atoms with Crippen molar-refractivity contribution in [1.29, 1.82) is 0 Å². The van der Waals surface area contributed by atoms with Crippen molar-refractivity contribution in [2.75, 3.05) is 12.4 Å². The zero-order valence-electron chi connectivity index (χ0n) is 14.7. The first-order valence-corrected chi connectivity index (χ1v) is 9.85. The van der Waals surface area contributed by atoms with Crippen molar-refractivity contribution < 1.29 is 18.4 Å². The Morgan fingerprint density at radius 1 is 1.21 bits per heavy atom. The van der Waals surface area contributed by atoms with Crippen molar-refractivity contribution in [3.8, 4) is 0 Å². The zero-order valence-corrected chi connectivity index (χ0v) is 16.4. The average Bonchev–Trinajstić information content (AvgIpc) is 3.28. The van der Waals surface area contributed by atoms with Crippen LogP contribution in [0.3, 0.4) is 0 Å². The van der Waals surface area contributed by atoms with Crippen LogP contribution in [-0.2, 0) is 13.1 Å². The van der Waals surface area contributed by atoms with Gasteiger partial charge in [-0.05, 0) is 29.8 Å². The molecule has 3 aromatic rings. The monoisotopic (exact) mass is 422 g/mol. The minimum absolute atomic E-state index is 0.177. The van der Waals surface area contributed by atoms with Gasteiger partial charge in [0.2, 0.25) is 0 Å². The first-order chi connectivity index (χ1) is 13.4. The topological polar surface area (TPSA) is 74.3 Å². The Balaban J connectivity index is 1.50. The number of anilines is 1. The second-order valence-electron chi connectivity index (χ2n) is 5.85. The number of rotatable bonds is 6. The van der Waals surface area contributed by atoms with Crippen LogP contribution in [0.1, 0.15) is 20.9 Å². The van der Waals surface area contributed by atoms with E-state index in [4.69, 9.17) is 0 Å². The van der Waals surface area contributed by atoms with Gasteiger partial charge in [-0.3, -0.25) is 10.1 Å². The summed E-state index contributed by atoms with van der Waals surface area (Å²) in [5, 5.41) is 6.89. The van der Waals surface area contributed by atoms with Crippen molar-refractivity contribution in [2.24, 2.45) is 0 Å². The molecule has 3 amide bonds. The maximum atomic E-state index is 13.1. The van der Waals surface area contributed by atoms with Crippen molar-refractivity contribution in [3.63, 3.8) is 0 Å². The molecule has 0 saturated carbocycles. The first kappa shape index (κ1) is 19.9. The van der Waals surface area contributed by atoms with Crippen LogP contribution in [0.25, 0.3) is 0 Å². The molecule has 0 radical (unpaired) electrons. The summed E-state index contributed by atoms with van der Waals surface area (Å²) in [5.41, 5.74) is 1.23. The van der Waals surface area contributed by atoms with E-state index in [1.165, 1.54) is 40.5 Å². The predicted molar refractivity (Wildman–Crippen MR) is 104 cm³/mol. The van der Waals surface area contributed by atoms with Crippen LogP contribution in [0.5, 0.6) is 0 Å². The largest absolute Gasteiger partial charge is 0.335 e. The molecule has 146 valence electrons. The summed E-state index contributed by atoms with van der Waals surface area (Å²) in [4.78, 5) is 30.2. The lowest BCUT2D eigenvalue weighted by atomic mass is 10.2. The van der Waals surface area contributed by atoms with Gasteiger partial charge in [0.05, 0.1) is 17.1 Å². The molecule has 0 aliphatic heterocycles. The Hall–Kier alpha value is -2.85. The van der Waals surface area contributed by atoms with E-state index in [-0.39, 0.29) is 24.8 Å². The van der Waals surface area contributed by atoms with E-state index >= 15 is 0 Å². The summed E-state index contributed by atoms with van der Waals surface area (Å²) in [6.07, 6.45) is 0. The highest BCUT2D eigenvalue weighted by Gasteiger charge is 2.16. The fourth-order valence-electron chi connectivity index (χ4n) is 2.34. The highest BCUT2D eigenvalue weighted by Crippen LogP contribution is 2.19. The summed E-state index contributed by atoms with van der Waals surface area (Å²) < 4.78 is 26.2. The Morgan fingerprint density at radius 2 is 2.04 bits per heavy atom. The molecule has 28 heavy (non-hydrogen) atoms. The second kappa shape index (κ2) is 8.89. The number of thiazole rings is 1. The number of aromatic nitrogens is 1. The minimum Gasteiger partial charge on any atom is -0.335 e. The van der Waals surface area contributed by atoms with Gasteiger partial charge in [0.25, 0.3) is 5.91 Å². The van der Waals surface area contributed by atoms with Gasteiger partial charge in [-0.15, -0.1) is 22.7 Å². The lowest BCUT2D eigenvalue weighted by molar-refractivity contribution is 0.0788. The number of halogens is 2. The molecule has 2 N–H and O–H groups in total. The highest BCUT2D eigenvalue weighted by molar-refractivity contribution is 7.14. The van der Waals surface area contributed by atoms with Crippen LogP contribution in [0, 0.1) is 10.9 Å². The maximum absolute atomic E-state index is 13.1. The normalized spacial score (nSPS) is 10.5. The number of amides is 3. The number of hydrogen-bond donors (Lipinski definition) is 2. The minimum atomic E-state index is -0.469. The Morgan fingerprint density at radius 3 is 2.75 bits per heavy atom. The molecule has 0 aliphatic rings. The van der Waals surface area contributed by atoms with Crippen LogP contribution in [-0.4, -0.2) is 28.9 Å². The highest BCUT2D eigenvalue weighted by atomic mass is 32.1. The van der Waals surface area contributed by atoms with Gasteiger partial charge < -0.3 is 10.2 Å². The lowest BCUT2D eigenvalue weighted by Gasteiger charge is -2.14. The summed E-state index contributed by atoms with van der Waals surface area (Å²) >= 11 is 2.01. The SMILES string of the molecule is CN(Cc1csc(NC(=O)NCc2cccc(F)c2)n1)C(=O)c1ccc(F)s1. The Labute approximate surface area is 167 Å². The zero-order chi connectivity index (χ0) is 20.1. The third kappa shape index (κ3) is 5.33. The number of benzene rings is 1. The first-order valence-electron chi connectivity index (χ1n) is 8.15. The number of nitrogens with one attached hydrogen (secondary N) is 2. The molecule has 0 atom stereocenters. The van der Waals surface area contributed by atoms with Gasteiger partial charge in [0, 0.05) is 19.0 Å². The van der Waals surface area contributed by atoms with Crippen molar-refractivity contribution in [3.05, 3.63) is 68.9 Å². The third-order valence-corrected chi connectivity index (χ3v) is 5.31. The quantitative estimate of drug-likeness (QED) is 0.629. The molecule has 0 spiro atoms. The van der Waals surface area contributed by atoms with E-state index < -0.39 is 11.2 Å². The van der Waals surface area contributed by atoms with E-state index in [9.17, 15) is 18.4 Å². The van der Waals surface area contributed by atoms with E-state index in [2.05, 4.69) is 15.6 Å². The van der Waals surface area contributed by atoms with Gasteiger partial charge in [-0.25, -0.2) is 14.2 Å². The maximum Gasteiger partial charge on any atom is 0.321 e. The van der Waals surface area contributed by atoms with Crippen LogP contribution in [0.4, 0.5) is 18.7 Å². The fraction of sp³-hybridized carbons (Fsp3) is 0.167. The third-order valence-electron chi connectivity index (χ3n) is 3.64. The van der Waals surface area contributed by atoms with Crippen molar-refractivity contribution >= 4 is 39.7 Å². The van der Waals surface area contributed by atoms with Crippen molar-refractivity contribution in [1.82, 2.24) is 15.2 Å². The molecule has 6 nitrogen and oxygen atoms in total. The summed E-state index contributed by atoms with van der Waals surface area (Å²) in [7, 11) is 1.60. The smallest absolute Gasteiger partial charge is 0.321 e. The van der Waals surface area contributed by atoms with Crippen LogP contribution in [0.2, 0.25) is 0 Å². The van der Waals surface area contributed by atoms with Crippen molar-refractivity contribution in [2.45, 2.75) is 13.1 Å². The molecule has 2 aromatic heterocycles. The second-order valence-corrected chi connectivity index (χ2v) is 7.74. The molecule has 3 rings (SSSR count). The molecule has 0 aliphatic carbocycles. The molecule has 0 saturated heterocycles. The average molecular weight is 422 g/mol. The van der Waals surface area contributed by atoms with Crippen LogP contribution < -0.4 is 10.6 Å². The molecule has 0 unspecified atom stereocenters. The predicted octanol–water partition coefficient (Wildman–Crippen LogP) is 4.08. The number of carbonyl (C=O) groups excluding carboxylic acids is 2. The standard InChI is InChI=1S/C18H16F2N4O2S2/c1-24(16(25)14-5-6-15(20)28-14)9-13-10-27-18(22-13)23-17(26)21-8-11-3-2-4-12(19)7-11/h2-7,10H,8-9H2,1H3,(H2,21,22,23,26). The molecule has 0 fully saturated rings. The van der Waals surface area contributed by atoms with Crippen LogP contribution >= 0.6 is 22.7 Å². The van der Waals surface area contributed by atoms with E-state index in [1.54, 1.807) is 24.6 Å².